The fraction of sp³-hybridized carbons (Fsp3) is 0.767. The zero-order valence-electron chi connectivity index (χ0n) is 25.1. The molecule has 3 fully saturated rings. The maximum absolute atomic E-state index is 13.6. The summed E-state index contributed by atoms with van der Waals surface area (Å²) in [4.78, 5) is 66.0. The van der Waals surface area contributed by atoms with E-state index < -0.39 is 64.7 Å². The van der Waals surface area contributed by atoms with Crippen LogP contribution >= 0.6 is 0 Å². The number of carbonyl (C=O) groups excluding carboxylic acids is 5. The van der Waals surface area contributed by atoms with E-state index in [1.54, 1.807) is 13.0 Å². The number of likely N-dealkylation sites (N-methyl/N-ethyl adjacent to an activating group) is 1. The van der Waals surface area contributed by atoms with Gasteiger partial charge in [0.15, 0.2) is 0 Å². The Morgan fingerprint density at radius 3 is 2.12 bits per heavy atom. The molecule has 41 heavy (non-hydrogen) atoms. The average Bonchev–Trinajstić information content (AvgIpc) is 3.51. The first-order chi connectivity index (χ1) is 19.3. The molecule has 0 spiro atoms. The predicted molar refractivity (Wildman–Crippen MR) is 152 cm³/mol. The number of hydrogen-bond acceptors (Lipinski definition) is 7. The van der Waals surface area contributed by atoms with E-state index in [-0.39, 0.29) is 37.2 Å². The highest BCUT2D eigenvalue weighted by molar-refractivity contribution is 5.96. The second kappa shape index (κ2) is 13.4. The monoisotopic (exact) mass is 576 g/mol. The summed E-state index contributed by atoms with van der Waals surface area (Å²) >= 11 is 0. The van der Waals surface area contributed by atoms with Crippen LogP contribution in [0.5, 0.6) is 0 Å². The Balaban J connectivity index is 1.75. The van der Waals surface area contributed by atoms with Crippen LogP contribution in [0.15, 0.2) is 12.7 Å². The van der Waals surface area contributed by atoms with Crippen molar-refractivity contribution in [1.82, 2.24) is 21.3 Å². The van der Waals surface area contributed by atoms with Crippen molar-refractivity contribution in [2.24, 2.45) is 29.1 Å². The van der Waals surface area contributed by atoms with Crippen LogP contribution in [0, 0.1) is 29.1 Å². The first kappa shape index (κ1) is 32.6. The quantitative estimate of drug-likeness (QED) is 0.183. The third-order valence-electron chi connectivity index (χ3n) is 8.86. The van der Waals surface area contributed by atoms with E-state index >= 15 is 0 Å². The Morgan fingerprint density at radius 1 is 1.00 bits per heavy atom. The SMILES string of the molecule is C=C[C@@H]1C[C@]1(NC(=O)[C@@H]1C[C@H](O)C[C@H]1C(=O)N[C@H](C(=O)NC(C(=O)NC)C1CCCCC1)C(C)(C)C)C(=O)OCC. The number of ether oxygens (including phenoxy) is 1. The normalized spacial score (nSPS) is 29.4. The van der Waals surface area contributed by atoms with Crippen LogP contribution < -0.4 is 21.3 Å². The fourth-order valence-corrected chi connectivity index (χ4v) is 6.35. The molecule has 3 rings (SSSR count). The minimum atomic E-state index is -1.22. The third kappa shape index (κ3) is 7.47. The van der Waals surface area contributed by atoms with Crippen molar-refractivity contribution in [2.75, 3.05) is 13.7 Å². The van der Waals surface area contributed by atoms with Crippen LogP contribution in [0.25, 0.3) is 0 Å². The third-order valence-corrected chi connectivity index (χ3v) is 8.86. The van der Waals surface area contributed by atoms with E-state index in [9.17, 15) is 29.1 Å². The molecule has 3 saturated carbocycles. The fourth-order valence-electron chi connectivity index (χ4n) is 6.35. The van der Waals surface area contributed by atoms with Gasteiger partial charge in [-0.1, -0.05) is 46.1 Å². The molecule has 3 aliphatic rings. The Kier molecular flexibility index (Phi) is 10.6. The van der Waals surface area contributed by atoms with Crippen molar-refractivity contribution in [3.63, 3.8) is 0 Å². The van der Waals surface area contributed by atoms with Gasteiger partial charge >= 0.3 is 5.97 Å². The van der Waals surface area contributed by atoms with Gasteiger partial charge in [-0.15, -0.1) is 6.58 Å². The number of aliphatic hydroxyl groups is 1. The van der Waals surface area contributed by atoms with Gasteiger partial charge < -0.3 is 31.1 Å². The van der Waals surface area contributed by atoms with Gasteiger partial charge in [-0.25, -0.2) is 4.79 Å². The van der Waals surface area contributed by atoms with E-state index in [1.165, 1.54) is 7.05 Å². The molecule has 0 aromatic heterocycles. The molecule has 0 aliphatic heterocycles. The summed E-state index contributed by atoms with van der Waals surface area (Å²) < 4.78 is 5.17. The van der Waals surface area contributed by atoms with E-state index in [4.69, 9.17) is 4.74 Å². The Bertz CT molecular complexity index is 1020. The molecule has 1 unspecified atom stereocenters. The molecular formula is C30H48N4O7. The van der Waals surface area contributed by atoms with Crippen molar-refractivity contribution in [3.8, 4) is 0 Å². The van der Waals surface area contributed by atoms with Gasteiger partial charge in [0.1, 0.15) is 17.6 Å². The van der Waals surface area contributed by atoms with Crippen molar-refractivity contribution in [3.05, 3.63) is 12.7 Å². The Hall–Kier alpha value is -2.95. The summed E-state index contributed by atoms with van der Waals surface area (Å²) in [5.41, 5.74) is -1.93. The number of aliphatic hydroxyl groups excluding tert-OH is 1. The average molecular weight is 577 g/mol. The lowest BCUT2D eigenvalue weighted by atomic mass is 9.82. The summed E-state index contributed by atoms with van der Waals surface area (Å²) in [5.74, 6) is -4.43. The molecule has 11 heteroatoms. The van der Waals surface area contributed by atoms with Gasteiger partial charge in [0.2, 0.25) is 23.6 Å². The Morgan fingerprint density at radius 2 is 1.61 bits per heavy atom. The first-order valence-corrected chi connectivity index (χ1v) is 14.9. The second-order valence-corrected chi connectivity index (χ2v) is 12.9. The van der Waals surface area contributed by atoms with Crippen molar-refractivity contribution >= 4 is 29.6 Å². The van der Waals surface area contributed by atoms with Crippen molar-refractivity contribution < 1.29 is 33.8 Å². The van der Waals surface area contributed by atoms with Gasteiger partial charge in [-0.2, -0.15) is 0 Å². The molecule has 0 heterocycles. The van der Waals surface area contributed by atoms with E-state index in [0.717, 1.165) is 32.1 Å². The van der Waals surface area contributed by atoms with E-state index in [1.807, 2.05) is 20.8 Å². The molecular weight excluding hydrogens is 528 g/mol. The van der Waals surface area contributed by atoms with Crippen LogP contribution in [-0.2, 0) is 28.7 Å². The Labute approximate surface area is 243 Å². The number of rotatable bonds is 11. The maximum Gasteiger partial charge on any atom is 0.332 e. The van der Waals surface area contributed by atoms with Gasteiger partial charge in [-0.3, -0.25) is 19.2 Å². The number of nitrogens with one attached hydrogen (secondary N) is 4. The lowest BCUT2D eigenvalue weighted by Crippen LogP contribution is -2.60. The summed E-state index contributed by atoms with van der Waals surface area (Å²) in [6.07, 6.45) is 5.91. The zero-order chi connectivity index (χ0) is 30.5. The first-order valence-electron chi connectivity index (χ1n) is 14.9. The van der Waals surface area contributed by atoms with Crippen LogP contribution in [-0.4, -0.2) is 72.1 Å². The summed E-state index contributed by atoms with van der Waals surface area (Å²) in [5, 5.41) is 21.6. The molecule has 230 valence electrons. The molecule has 0 aromatic carbocycles. The van der Waals surface area contributed by atoms with E-state index in [0.29, 0.717) is 6.42 Å². The lowest BCUT2D eigenvalue weighted by Gasteiger charge is -2.35. The molecule has 0 radical (unpaired) electrons. The number of amides is 4. The van der Waals surface area contributed by atoms with E-state index in [2.05, 4.69) is 27.8 Å². The highest BCUT2D eigenvalue weighted by Crippen LogP contribution is 2.46. The molecule has 0 saturated heterocycles. The highest BCUT2D eigenvalue weighted by atomic mass is 16.5. The number of esters is 1. The highest BCUT2D eigenvalue weighted by Gasteiger charge is 2.62. The summed E-state index contributed by atoms with van der Waals surface area (Å²) in [6.45, 7) is 11.0. The molecule has 3 aliphatic carbocycles. The maximum atomic E-state index is 13.6. The van der Waals surface area contributed by atoms with Crippen molar-refractivity contribution in [2.45, 2.75) is 103 Å². The molecule has 11 nitrogen and oxygen atoms in total. The van der Waals surface area contributed by atoms with Crippen LogP contribution in [0.1, 0.15) is 79.1 Å². The molecule has 7 atom stereocenters. The van der Waals surface area contributed by atoms with Crippen LogP contribution in [0.3, 0.4) is 0 Å². The van der Waals surface area contributed by atoms with Gasteiger partial charge in [0.05, 0.1) is 24.5 Å². The summed E-state index contributed by atoms with van der Waals surface area (Å²) in [7, 11) is 1.54. The largest absolute Gasteiger partial charge is 0.464 e. The zero-order valence-corrected chi connectivity index (χ0v) is 25.1. The molecule has 0 bridgehead atoms. The lowest BCUT2D eigenvalue weighted by molar-refractivity contribution is -0.150. The molecule has 5 N–H and O–H groups in total. The van der Waals surface area contributed by atoms with Crippen LogP contribution in [0.2, 0.25) is 0 Å². The van der Waals surface area contributed by atoms with Crippen molar-refractivity contribution in [1.29, 1.82) is 0 Å². The number of carbonyl (C=O) groups is 5. The molecule has 0 aromatic rings. The smallest absolute Gasteiger partial charge is 0.332 e. The van der Waals surface area contributed by atoms with Crippen LogP contribution in [0.4, 0.5) is 0 Å². The molecule has 4 amide bonds. The predicted octanol–water partition coefficient (Wildman–Crippen LogP) is 1.34. The number of hydrogen-bond donors (Lipinski definition) is 5. The van der Waals surface area contributed by atoms with Gasteiger partial charge in [0, 0.05) is 13.0 Å². The van der Waals surface area contributed by atoms with Gasteiger partial charge in [0.25, 0.3) is 0 Å². The topological polar surface area (TPSA) is 163 Å². The second-order valence-electron chi connectivity index (χ2n) is 12.9. The standard InChI is InChI=1S/C30H48N4O7/c1-7-18-16-30(18,28(40)41-8-2)34-25(37)21-15-19(35)14-20(21)24(36)33-23(29(3,4)5)27(39)32-22(26(38)31-6)17-12-10-9-11-13-17/h7,17-23,35H,1,8-16H2,2-6H3,(H,31,38)(H,32,39)(H,33,36)(H,34,37)/t18-,19-,20-,21-,22?,23-,30-/m1/s1. The summed E-state index contributed by atoms with van der Waals surface area (Å²) in [6, 6.07) is -1.71. The minimum Gasteiger partial charge on any atom is -0.464 e. The minimum absolute atomic E-state index is 0.00978. The van der Waals surface area contributed by atoms with Gasteiger partial charge in [-0.05, 0) is 50.4 Å².